The van der Waals surface area contributed by atoms with Crippen LogP contribution in [0.15, 0.2) is 42.7 Å². The molecule has 0 bridgehead atoms. The van der Waals surface area contributed by atoms with Crippen molar-refractivity contribution >= 4 is 11.3 Å². The number of hydrogen-bond donors (Lipinski definition) is 2. The smallest absolute Gasteiger partial charge is 0.166 e. The second kappa shape index (κ2) is 4.58. The number of rotatable bonds is 3. The fourth-order valence-electron chi connectivity index (χ4n) is 1.96. The first-order valence-electron chi connectivity index (χ1n) is 5.77. The van der Waals surface area contributed by atoms with Crippen LogP contribution in [-0.4, -0.2) is 21.7 Å². The molecule has 3 aromatic rings. The average Bonchev–Trinajstić information content (AvgIpc) is 2.91. The summed E-state index contributed by atoms with van der Waals surface area (Å²) in [7, 11) is 1.64. The zero-order chi connectivity index (χ0) is 13.2. The summed E-state index contributed by atoms with van der Waals surface area (Å²) >= 11 is 0. The van der Waals surface area contributed by atoms with E-state index in [1.54, 1.807) is 24.0 Å². The van der Waals surface area contributed by atoms with E-state index in [-0.39, 0.29) is 0 Å². The van der Waals surface area contributed by atoms with Gasteiger partial charge in [-0.15, -0.1) is 0 Å². The number of fused-ring (bicyclic) bond motifs is 1. The van der Waals surface area contributed by atoms with Gasteiger partial charge in [0, 0.05) is 18.0 Å². The Morgan fingerprint density at radius 2 is 2.21 bits per heavy atom. The number of hydrazine groups is 1. The van der Waals surface area contributed by atoms with Gasteiger partial charge >= 0.3 is 0 Å². The van der Waals surface area contributed by atoms with E-state index < -0.39 is 0 Å². The van der Waals surface area contributed by atoms with Crippen molar-refractivity contribution in [2.45, 2.75) is 0 Å². The Morgan fingerprint density at radius 1 is 1.32 bits per heavy atom. The van der Waals surface area contributed by atoms with Crippen LogP contribution in [0.4, 0.5) is 5.82 Å². The van der Waals surface area contributed by atoms with E-state index in [9.17, 15) is 0 Å². The van der Waals surface area contributed by atoms with Crippen molar-refractivity contribution < 1.29 is 4.74 Å². The standard InChI is InChI=1S/C13H13N5O/c1-19-10-4-2-3-9(7-10)11-8-12-13(16-14)15-5-6-18(12)17-11/h2-8H,14H2,1H3,(H,15,16). The van der Waals surface area contributed by atoms with E-state index >= 15 is 0 Å². The minimum absolute atomic E-state index is 0.587. The fourth-order valence-corrected chi connectivity index (χ4v) is 1.96. The van der Waals surface area contributed by atoms with Crippen LogP contribution in [0.5, 0.6) is 5.75 Å². The maximum absolute atomic E-state index is 5.44. The van der Waals surface area contributed by atoms with E-state index in [1.165, 1.54) is 0 Å². The minimum Gasteiger partial charge on any atom is -0.497 e. The molecule has 0 aliphatic carbocycles. The van der Waals surface area contributed by atoms with Crippen molar-refractivity contribution in [3.05, 3.63) is 42.7 Å². The van der Waals surface area contributed by atoms with Gasteiger partial charge in [0.05, 0.1) is 12.8 Å². The van der Waals surface area contributed by atoms with Gasteiger partial charge in [-0.2, -0.15) is 5.10 Å². The molecule has 6 heteroatoms. The third-order valence-corrected chi connectivity index (χ3v) is 2.89. The summed E-state index contributed by atoms with van der Waals surface area (Å²) in [5.74, 6) is 6.82. The number of ether oxygens (including phenoxy) is 1. The molecule has 0 fully saturated rings. The highest BCUT2D eigenvalue weighted by atomic mass is 16.5. The average molecular weight is 255 g/mol. The minimum atomic E-state index is 0.587. The lowest BCUT2D eigenvalue weighted by atomic mass is 10.1. The predicted octanol–water partition coefficient (Wildman–Crippen LogP) is 1.69. The SMILES string of the molecule is COc1cccc(-c2cc3c(NN)nccn3n2)c1. The summed E-state index contributed by atoms with van der Waals surface area (Å²) in [6.07, 6.45) is 3.42. The largest absolute Gasteiger partial charge is 0.497 e. The molecule has 0 spiro atoms. The number of nitrogens with one attached hydrogen (secondary N) is 1. The lowest BCUT2D eigenvalue weighted by Crippen LogP contribution is -2.09. The fraction of sp³-hybridized carbons (Fsp3) is 0.0769. The van der Waals surface area contributed by atoms with Crippen molar-refractivity contribution in [1.29, 1.82) is 0 Å². The van der Waals surface area contributed by atoms with E-state index in [4.69, 9.17) is 10.6 Å². The van der Waals surface area contributed by atoms with Gasteiger partial charge in [-0.05, 0) is 18.2 Å². The van der Waals surface area contributed by atoms with E-state index in [0.29, 0.717) is 5.82 Å². The van der Waals surface area contributed by atoms with E-state index in [2.05, 4.69) is 15.5 Å². The van der Waals surface area contributed by atoms with Crippen LogP contribution >= 0.6 is 0 Å². The summed E-state index contributed by atoms with van der Waals surface area (Å²) in [5.41, 5.74) is 5.20. The summed E-state index contributed by atoms with van der Waals surface area (Å²) in [4.78, 5) is 4.14. The molecule has 2 heterocycles. The molecular weight excluding hydrogens is 242 g/mol. The van der Waals surface area contributed by atoms with Crippen LogP contribution in [0, 0.1) is 0 Å². The molecule has 0 saturated carbocycles. The van der Waals surface area contributed by atoms with Gasteiger partial charge in [-0.1, -0.05) is 12.1 Å². The molecule has 0 aliphatic heterocycles. The Morgan fingerprint density at radius 3 is 3.00 bits per heavy atom. The zero-order valence-corrected chi connectivity index (χ0v) is 10.4. The molecule has 3 rings (SSSR count). The first-order valence-corrected chi connectivity index (χ1v) is 5.77. The molecule has 0 radical (unpaired) electrons. The van der Waals surface area contributed by atoms with Crippen LogP contribution in [0.3, 0.4) is 0 Å². The van der Waals surface area contributed by atoms with Gasteiger partial charge in [-0.3, -0.25) is 0 Å². The topological polar surface area (TPSA) is 77.5 Å². The Hall–Kier alpha value is -2.60. The predicted molar refractivity (Wildman–Crippen MR) is 72.8 cm³/mol. The van der Waals surface area contributed by atoms with Gasteiger partial charge in [0.15, 0.2) is 5.82 Å². The molecule has 1 aromatic carbocycles. The van der Waals surface area contributed by atoms with Crippen molar-refractivity contribution in [1.82, 2.24) is 14.6 Å². The number of hydrogen-bond acceptors (Lipinski definition) is 5. The number of methoxy groups -OCH3 is 1. The molecule has 0 saturated heterocycles. The van der Waals surface area contributed by atoms with E-state index in [1.807, 2.05) is 30.3 Å². The third kappa shape index (κ3) is 1.98. The number of aromatic nitrogens is 3. The highest BCUT2D eigenvalue weighted by Crippen LogP contribution is 2.25. The molecular formula is C13H13N5O. The normalized spacial score (nSPS) is 10.6. The van der Waals surface area contributed by atoms with Crippen LogP contribution in [-0.2, 0) is 0 Å². The van der Waals surface area contributed by atoms with Gasteiger partial charge < -0.3 is 10.2 Å². The van der Waals surface area contributed by atoms with Crippen molar-refractivity contribution in [3.63, 3.8) is 0 Å². The second-order valence-corrected chi connectivity index (χ2v) is 4.01. The number of benzene rings is 1. The number of anilines is 1. The van der Waals surface area contributed by atoms with Gasteiger partial charge in [0.1, 0.15) is 11.3 Å². The molecule has 6 nitrogen and oxygen atoms in total. The maximum atomic E-state index is 5.44. The Labute approximate surface area is 109 Å². The lowest BCUT2D eigenvalue weighted by Gasteiger charge is -2.00. The molecule has 0 unspecified atom stereocenters. The molecule has 19 heavy (non-hydrogen) atoms. The van der Waals surface area contributed by atoms with Crippen molar-refractivity contribution in [2.24, 2.45) is 5.84 Å². The highest BCUT2D eigenvalue weighted by Gasteiger charge is 2.08. The molecule has 3 N–H and O–H groups in total. The Kier molecular flexibility index (Phi) is 2.77. The number of nitrogens with two attached hydrogens (primary N) is 1. The van der Waals surface area contributed by atoms with Gasteiger partial charge in [0.2, 0.25) is 0 Å². The van der Waals surface area contributed by atoms with Crippen LogP contribution in [0.25, 0.3) is 16.8 Å². The first kappa shape index (κ1) is 11.5. The zero-order valence-electron chi connectivity index (χ0n) is 10.4. The van der Waals surface area contributed by atoms with Crippen LogP contribution in [0.2, 0.25) is 0 Å². The Balaban J connectivity index is 2.15. The highest BCUT2D eigenvalue weighted by molar-refractivity contribution is 5.74. The Bertz CT molecular complexity index is 722. The number of nitrogens with zero attached hydrogens (tertiary/aromatic N) is 3. The van der Waals surface area contributed by atoms with Crippen molar-refractivity contribution in [3.8, 4) is 17.0 Å². The lowest BCUT2D eigenvalue weighted by molar-refractivity contribution is 0.415. The molecule has 0 aliphatic rings. The maximum Gasteiger partial charge on any atom is 0.166 e. The van der Waals surface area contributed by atoms with Crippen LogP contribution < -0.4 is 16.0 Å². The second-order valence-electron chi connectivity index (χ2n) is 4.01. The van der Waals surface area contributed by atoms with Gasteiger partial charge in [-0.25, -0.2) is 15.3 Å². The summed E-state index contributed by atoms with van der Waals surface area (Å²) < 4.78 is 6.95. The monoisotopic (exact) mass is 255 g/mol. The molecule has 96 valence electrons. The van der Waals surface area contributed by atoms with Crippen molar-refractivity contribution in [2.75, 3.05) is 12.5 Å². The first-order chi connectivity index (χ1) is 9.31. The molecule has 2 aromatic heterocycles. The summed E-state index contributed by atoms with van der Waals surface area (Å²) in [6.45, 7) is 0. The quantitative estimate of drug-likeness (QED) is 0.550. The molecule has 0 amide bonds. The summed E-state index contributed by atoms with van der Waals surface area (Å²) in [6, 6.07) is 9.67. The van der Waals surface area contributed by atoms with Crippen LogP contribution in [0.1, 0.15) is 0 Å². The molecule has 0 atom stereocenters. The summed E-state index contributed by atoms with van der Waals surface area (Å²) in [5, 5.41) is 4.49. The third-order valence-electron chi connectivity index (χ3n) is 2.89. The van der Waals surface area contributed by atoms with E-state index in [0.717, 1.165) is 22.5 Å². The van der Waals surface area contributed by atoms with Gasteiger partial charge in [0.25, 0.3) is 0 Å². The number of nitrogen functional groups attached to an aromatic ring is 1.